The second kappa shape index (κ2) is 7.12. The Bertz CT molecular complexity index is 345. The molecule has 4 heteroatoms. The quantitative estimate of drug-likeness (QED) is 0.844. The van der Waals surface area contributed by atoms with Crippen molar-refractivity contribution in [2.75, 3.05) is 37.6 Å². The van der Waals surface area contributed by atoms with Gasteiger partial charge in [0.15, 0.2) is 0 Å². The van der Waals surface area contributed by atoms with Crippen LogP contribution in [0.3, 0.4) is 0 Å². The van der Waals surface area contributed by atoms with E-state index in [1.807, 2.05) is 0 Å². The molecule has 1 N–H and O–H groups in total. The van der Waals surface area contributed by atoms with Crippen LogP contribution >= 0.6 is 15.9 Å². The number of piperazine rings is 1. The van der Waals surface area contributed by atoms with Gasteiger partial charge in [0.05, 0.1) is 0 Å². The molecule has 1 aliphatic heterocycles. The number of halogens is 1. The van der Waals surface area contributed by atoms with Crippen molar-refractivity contribution in [1.29, 1.82) is 0 Å². The van der Waals surface area contributed by atoms with E-state index < -0.39 is 0 Å². The van der Waals surface area contributed by atoms with Gasteiger partial charge in [-0.25, -0.2) is 5.01 Å². The van der Waals surface area contributed by atoms with Crippen LogP contribution in [0.1, 0.15) is 19.8 Å². The van der Waals surface area contributed by atoms with Crippen molar-refractivity contribution in [2.45, 2.75) is 19.8 Å². The first-order valence-electron chi connectivity index (χ1n) is 6.78. The molecule has 2 rings (SSSR count). The largest absolute Gasteiger partial charge is 0.369 e. The van der Waals surface area contributed by atoms with Gasteiger partial charge in [0.25, 0.3) is 0 Å². The Balaban J connectivity index is 1.77. The molecule has 0 aliphatic carbocycles. The van der Waals surface area contributed by atoms with Crippen LogP contribution in [0.15, 0.2) is 28.7 Å². The first-order valence-corrected chi connectivity index (χ1v) is 7.58. The summed E-state index contributed by atoms with van der Waals surface area (Å²) in [4.78, 5) is 2.45. The number of benzene rings is 1. The molecule has 1 saturated heterocycles. The number of hydrazine groups is 1. The second-order valence-electron chi connectivity index (χ2n) is 4.71. The molecule has 1 heterocycles. The molecule has 0 atom stereocenters. The third kappa shape index (κ3) is 3.97. The maximum Gasteiger partial charge on any atom is 0.0367 e. The van der Waals surface area contributed by atoms with E-state index in [-0.39, 0.29) is 0 Å². The first kappa shape index (κ1) is 13.8. The molecule has 0 aromatic heterocycles. The van der Waals surface area contributed by atoms with Crippen molar-refractivity contribution < 1.29 is 0 Å². The summed E-state index contributed by atoms with van der Waals surface area (Å²) >= 11 is 3.48. The van der Waals surface area contributed by atoms with Gasteiger partial charge < -0.3 is 4.90 Å². The minimum absolute atomic E-state index is 1.10. The van der Waals surface area contributed by atoms with Gasteiger partial charge in [0.2, 0.25) is 0 Å². The van der Waals surface area contributed by atoms with E-state index >= 15 is 0 Å². The number of nitrogens with one attached hydrogen (secondary N) is 1. The van der Waals surface area contributed by atoms with E-state index in [1.54, 1.807) is 0 Å². The lowest BCUT2D eigenvalue weighted by molar-refractivity contribution is 0.175. The van der Waals surface area contributed by atoms with Crippen LogP contribution in [0.4, 0.5) is 5.69 Å². The minimum Gasteiger partial charge on any atom is -0.369 e. The lowest BCUT2D eigenvalue weighted by atomic mass is 10.2. The normalized spacial score (nSPS) is 17.1. The van der Waals surface area contributed by atoms with Crippen molar-refractivity contribution in [2.24, 2.45) is 0 Å². The van der Waals surface area contributed by atoms with E-state index in [0.29, 0.717) is 0 Å². The molecule has 1 fully saturated rings. The average Bonchev–Trinajstić information content (AvgIpc) is 2.41. The van der Waals surface area contributed by atoms with Crippen molar-refractivity contribution >= 4 is 21.6 Å². The highest BCUT2D eigenvalue weighted by Crippen LogP contribution is 2.19. The van der Waals surface area contributed by atoms with Gasteiger partial charge >= 0.3 is 0 Å². The molecule has 18 heavy (non-hydrogen) atoms. The van der Waals surface area contributed by atoms with Gasteiger partial charge in [-0.15, -0.1) is 0 Å². The summed E-state index contributed by atoms with van der Waals surface area (Å²) < 4.78 is 1.14. The van der Waals surface area contributed by atoms with Crippen molar-refractivity contribution in [3.05, 3.63) is 28.7 Å². The predicted octanol–water partition coefficient (Wildman–Crippen LogP) is 2.88. The Morgan fingerprint density at radius 2 is 1.78 bits per heavy atom. The fraction of sp³-hybridized carbons (Fsp3) is 0.571. The number of rotatable bonds is 5. The maximum atomic E-state index is 3.50. The van der Waals surface area contributed by atoms with E-state index in [0.717, 1.165) is 37.2 Å². The number of unbranched alkanes of at least 4 members (excludes halogenated alkanes) is 1. The van der Waals surface area contributed by atoms with E-state index in [2.05, 4.69) is 62.5 Å². The Labute approximate surface area is 118 Å². The predicted molar refractivity (Wildman–Crippen MR) is 80.8 cm³/mol. The molecule has 1 aromatic carbocycles. The van der Waals surface area contributed by atoms with Crippen LogP contribution in [-0.4, -0.2) is 37.7 Å². The zero-order valence-corrected chi connectivity index (χ0v) is 12.6. The minimum atomic E-state index is 1.10. The summed E-state index contributed by atoms with van der Waals surface area (Å²) in [5.41, 5.74) is 4.83. The molecule has 0 spiro atoms. The Morgan fingerprint density at radius 1 is 1.11 bits per heavy atom. The van der Waals surface area contributed by atoms with Gasteiger partial charge in [0.1, 0.15) is 0 Å². The highest BCUT2D eigenvalue weighted by Gasteiger charge is 2.16. The molecule has 0 bridgehead atoms. The lowest BCUT2D eigenvalue weighted by Crippen LogP contribution is -2.52. The highest BCUT2D eigenvalue weighted by atomic mass is 79.9. The summed E-state index contributed by atoms with van der Waals surface area (Å²) in [6.07, 6.45) is 2.51. The number of anilines is 1. The summed E-state index contributed by atoms with van der Waals surface area (Å²) in [5, 5.41) is 2.35. The first-order chi connectivity index (χ1) is 8.79. The third-order valence-electron chi connectivity index (χ3n) is 3.34. The number of nitrogens with zero attached hydrogens (tertiary/aromatic N) is 2. The zero-order valence-electron chi connectivity index (χ0n) is 11.0. The van der Waals surface area contributed by atoms with Crippen LogP contribution < -0.4 is 10.3 Å². The summed E-state index contributed by atoms with van der Waals surface area (Å²) in [6.45, 7) is 7.73. The SMILES string of the molecule is CCCCNN1CCN(c2ccc(Br)cc2)CC1. The third-order valence-corrected chi connectivity index (χ3v) is 3.87. The van der Waals surface area contributed by atoms with Crippen LogP contribution in [0, 0.1) is 0 Å². The molecule has 0 saturated carbocycles. The molecule has 3 nitrogen and oxygen atoms in total. The molecular formula is C14H22BrN3. The fourth-order valence-electron chi connectivity index (χ4n) is 2.19. The molecule has 0 unspecified atom stereocenters. The van der Waals surface area contributed by atoms with Crippen LogP contribution in [-0.2, 0) is 0 Å². The molecule has 100 valence electrons. The molecule has 1 aliphatic rings. The summed E-state index contributed by atoms with van der Waals surface area (Å²) in [6, 6.07) is 8.59. The van der Waals surface area contributed by atoms with Gasteiger partial charge in [-0.3, -0.25) is 5.43 Å². The zero-order chi connectivity index (χ0) is 12.8. The summed E-state index contributed by atoms with van der Waals surface area (Å²) in [7, 11) is 0. The highest BCUT2D eigenvalue weighted by molar-refractivity contribution is 9.10. The van der Waals surface area contributed by atoms with Gasteiger partial charge in [-0.2, -0.15) is 0 Å². The second-order valence-corrected chi connectivity index (χ2v) is 5.63. The number of hydrogen-bond acceptors (Lipinski definition) is 3. The fourth-order valence-corrected chi connectivity index (χ4v) is 2.45. The van der Waals surface area contributed by atoms with Gasteiger partial charge in [-0.1, -0.05) is 29.3 Å². The molecule has 1 aromatic rings. The Hall–Kier alpha value is -0.580. The smallest absolute Gasteiger partial charge is 0.0367 e. The van der Waals surface area contributed by atoms with Gasteiger partial charge in [0, 0.05) is 42.9 Å². The molecular weight excluding hydrogens is 290 g/mol. The van der Waals surface area contributed by atoms with Crippen molar-refractivity contribution in [1.82, 2.24) is 10.4 Å². The maximum absolute atomic E-state index is 3.50. The van der Waals surface area contributed by atoms with Crippen LogP contribution in [0.2, 0.25) is 0 Å². The molecule has 0 radical (unpaired) electrons. The average molecular weight is 312 g/mol. The van der Waals surface area contributed by atoms with Crippen molar-refractivity contribution in [3.8, 4) is 0 Å². The van der Waals surface area contributed by atoms with E-state index in [4.69, 9.17) is 0 Å². The Morgan fingerprint density at radius 3 is 2.39 bits per heavy atom. The standard InChI is InChI=1S/C14H22BrN3/c1-2-3-8-16-18-11-9-17(10-12-18)14-6-4-13(15)5-7-14/h4-7,16H,2-3,8-12H2,1H3. The monoisotopic (exact) mass is 311 g/mol. The Kier molecular flexibility index (Phi) is 5.47. The van der Waals surface area contributed by atoms with Gasteiger partial charge in [-0.05, 0) is 30.7 Å². The lowest BCUT2D eigenvalue weighted by Gasteiger charge is -2.36. The van der Waals surface area contributed by atoms with Crippen LogP contribution in [0.25, 0.3) is 0 Å². The van der Waals surface area contributed by atoms with Crippen LogP contribution in [0.5, 0.6) is 0 Å². The number of hydrogen-bond donors (Lipinski definition) is 1. The van der Waals surface area contributed by atoms with E-state index in [1.165, 1.54) is 18.5 Å². The topological polar surface area (TPSA) is 18.5 Å². The summed E-state index contributed by atoms with van der Waals surface area (Å²) in [5.74, 6) is 0. The van der Waals surface area contributed by atoms with E-state index in [9.17, 15) is 0 Å². The molecule has 0 amide bonds. The van der Waals surface area contributed by atoms with Crippen molar-refractivity contribution in [3.63, 3.8) is 0 Å².